The Balaban J connectivity index is 1.81. The zero-order chi connectivity index (χ0) is 10.1. The molecule has 0 spiro atoms. The maximum Gasteiger partial charge on any atom is 0.0695 e. The lowest BCUT2D eigenvalue weighted by Crippen LogP contribution is -2.50. The van der Waals surface area contributed by atoms with Crippen molar-refractivity contribution in [3.05, 3.63) is 0 Å². The van der Waals surface area contributed by atoms with Crippen molar-refractivity contribution in [3.63, 3.8) is 0 Å². The van der Waals surface area contributed by atoms with Crippen LogP contribution < -0.4 is 0 Å². The van der Waals surface area contributed by atoms with Gasteiger partial charge in [-0.2, -0.15) is 0 Å². The van der Waals surface area contributed by atoms with Gasteiger partial charge in [-0.15, -0.1) is 0 Å². The van der Waals surface area contributed by atoms with Gasteiger partial charge in [0.1, 0.15) is 0 Å². The second-order valence-corrected chi connectivity index (χ2v) is 4.85. The molecule has 14 heavy (non-hydrogen) atoms. The first-order valence-electron chi connectivity index (χ1n) is 5.70. The minimum atomic E-state index is -0.109. The van der Waals surface area contributed by atoms with Crippen LogP contribution in [0.1, 0.15) is 26.7 Å². The Morgan fingerprint density at radius 3 is 2.79 bits per heavy atom. The fraction of sp³-hybridized carbons (Fsp3) is 1.00. The summed E-state index contributed by atoms with van der Waals surface area (Å²) in [4.78, 5) is 2.36. The van der Waals surface area contributed by atoms with E-state index in [2.05, 4.69) is 18.7 Å². The molecule has 1 aliphatic carbocycles. The Labute approximate surface area is 86.0 Å². The molecule has 1 saturated carbocycles. The van der Waals surface area contributed by atoms with Crippen LogP contribution in [0, 0.1) is 5.92 Å². The minimum absolute atomic E-state index is 0.109. The second kappa shape index (κ2) is 4.17. The van der Waals surface area contributed by atoms with Crippen LogP contribution in [0.25, 0.3) is 0 Å². The van der Waals surface area contributed by atoms with Crippen LogP contribution in [0.2, 0.25) is 0 Å². The summed E-state index contributed by atoms with van der Waals surface area (Å²) in [6.45, 7) is 6.87. The molecule has 2 fully saturated rings. The van der Waals surface area contributed by atoms with Crippen molar-refractivity contribution in [2.75, 3.05) is 19.7 Å². The number of aliphatic hydroxyl groups is 1. The van der Waals surface area contributed by atoms with Gasteiger partial charge < -0.3 is 9.84 Å². The summed E-state index contributed by atoms with van der Waals surface area (Å²) in [6.07, 6.45) is 2.64. The maximum atomic E-state index is 9.86. The van der Waals surface area contributed by atoms with Crippen molar-refractivity contribution < 1.29 is 9.84 Å². The van der Waals surface area contributed by atoms with Gasteiger partial charge in [0, 0.05) is 19.1 Å². The van der Waals surface area contributed by atoms with Crippen LogP contribution in [-0.4, -0.2) is 48.0 Å². The van der Waals surface area contributed by atoms with Gasteiger partial charge >= 0.3 is 0 Å². The molecule has 3 atom stereocenters. The molecule has 1 aliphatic heterocycles. The van der Waals surface area contributed by atoms with Crippen molar-refractivity contribution in [3.8, 4) is 0 Å². The van der Waals surface area contributed by atoms with Crippen LogP contribution in [0.15, 0.2) is 0 Å². The van der Waals surface area contributed by atoms with E-state index in [9.17, 15) is 5.11 Å². The summed E-state index contributed by atoms with van der Waals surface area (Å²) in [5, 5.41) is 9.86. The van der Waals surface area contributed by atoms with E-state index in [4.69, 9.17) is 4.74 Å². The van der Waals surface area contributed by atoms with E-state index in [1.54, 1.807) is 0 Å². The number of β-amino-alcohol motifs (C(OH)–C–C–N with tert-alkyl or cyclic N) is 1. The highest BCUT2D eigenvalue weighted by Crippen LogP contribution is 2.33. The second-order valence-electron chi connectivity index (χ2n) is 4.85. The Hall–Kier alpha value is -0.120. The average molecular weight is 199 g/mol. The normalized spacial score (nSPS) is 37.1. The number of aliphatic hydroxyl groups excluding tert-OH is 1. The highest BCUT2D eigenvalue weighted by molar-refractivity contribution is 4.85. The molecule has 0 aromatic carbocycles. The third-order valence-corrected chi connectivity index (χ3v) is 3.32. The molecular weight excluding hydrogens is 178 g/mol. The summed E-state index contributed by atoms with van der Waals surface area (Å²) in [7, 11) is 0. The number of rotatable bonds is 3. The van der Waals surface area contributed by atoms with E-state index in [1.807, 2.05) is 0 Å². The summed E-state index contributed by atoms with van der Waals surface area (Å²) in [5.41, 5.74) is 0. The van der Waals surface area contributed by atoms with Gasteiger partial charge in [0.05, 0.1) is 18.8 Å². The summed E-state index contributed by atoms with van der Waals surface area (Å²) < 4.78 is 5.55. The van der Waals surface area contributed by atoms with Crippen LogP contribution in [-0.2, 0) is 4.74 Å². The maximum absolute atomic E-state index is 9.86. The monoisotopic (exact) mass is 199 g/mol. The third-order valence-electron chi connectivity index (χ3n) is 3.32. The van der Waals surface area contributed by atoms with Gasteiger partial charge in [0.25, 0.3) is 0 Å². The molecule has 1 N–H and O–H groups in total. The Kier molecular flexibility index (Phi) is 3.10. The summed E-state index contributed by atoms with van der Waals surface area (Å²) in [6, 6.07) is 0.458. The van der Waals surface area contributed by atoms with Gasteiger partial charge in [-0.3, -0.25) is 4.90 Å². The lowest BCUT2D eigenvalue weighted by atomic mass is 10.1. The number of nitrogens with zero attached hydrogens (tertiary/aromatic N) is 1. The molecule has 0 aromatic rings. The molecular formula is C11H21NO2. The third kappa shape index (κ3) is 2.47. The standard InChI is InChI=1S/C11H21NO2/c1-8-7-14-9(2)5-12(8)6-11(13)10-3-4-10/h8-11,13H,3-7H2,1-2H3. The molecule has 3 nitrogen and oxygen atoms in total. The zero-order valence-corrected chi connectivity index (χ0v) is 9.15. The predicted octanol–water partition coefficient (Wildman–Crippen LogP) is 0.866. The number of hydrogen-bond acceptors (Lipinski definition) is 3. The minimum Gasteiger partial charge on any atom is -0.392 e. The fourth-order valence-electron chi connectivity index (χ4n) is 2.10. The first-order valence-corrected chi connectivity index (χ1v) is 5.70. The molecule has 0 bridgehead atoms. The smallest absolute Gasteiger partial charge is 0.0695 e. The highest BCUT2D eigenvalue weighted by atomic mass is 16.5. The molecule has 3 unspecified atom stereocenters. The largest absolute Gasteiger partial charge is 0.392 e. The van der Waals surface area contributed by atoms with Crippen LogP contribution >= 0.6 is 0 Å². The topological polar surface area (TPSA) is 32.7 Å². The van der Waals surface area contributed by atoms with Crippen LogP contribution in [0.4, 0.5) is 0 Å². The van der Waals surface area contributed by atoms with E-state index in [0.29, 0.717) is 18.1 Å². The van der Waals surface area contributed by atoms with Gasteiger partial charge in [0.15, 0.2) is 0 Å². The molecule has 2 aliphatic rings. The van der Waals surface area contributed by atoms with E-state index < -0.39 is 0 Å². The predicted molar refractivity (Wildman–Crippen MR) is 55.2 cm³/mol. The van der Waals surface area contributed by atoms with Gasteiger partial charge in [-0.05, 0) is 32.6 Å². The van der Waals surface area contributed by atoms with Gasteiger partial charge in [-0.1, -0.05) is 0 Å². The molecule has 2 rings (SSSR count). The molecule has 0 aromatic heterocycles. The van der Waals surface area contributed by atoms with E-state index >= 15 is 0 Å². The lowest BCUT2D eigenvalue weighted by molar-refractivity contribution is -0.0634. The van der Waals surface area contributed by atoms with Crippen LogP contribution in [0.5, 0.6) is 0 Å². The summed E-state index contributed by atoms with van der Waals surface area (Å²) >= 11 is 0. The van der Waals surface area contributed by atoms with E-state index in [0.717, 1.165) is 19.7 Å². The van der Waals surface area contributed by atoms with Crippen molar-refractivity contribution in [1.29, 1.82) is 0 Å². The lowest BCUT2D eigenvalue weighted by Gasteiger charge is -2.37. The molecule has 1 heterocycles. The SMILES string of the molecule is CC1CN(CC(O)C2CC2)C(C)CO1. The fourth-order valence-corrected chi connectivity index (χ4v) is 2.10. The zero-order valence-electron chi connectivity index (χ0n) is 9.15. The van der Waals surface area contributed by atoms with Gasteiger partial charge in [0.2, 0.25) is 0 Å². The molecule has 0 radical (unpaired) electrons. The first kappa shape index (κ1) is 10.4. The highest BCUT2D eigenvalue weighted by Gasteiger charge is 2.33. The first-order chi connectivity index (χ1) is 6.66. The van der Waals surface area contributed by atoms with Crippen molar-refractivity contribution >= 4 is 0 Å². The van der Waals surface area contributed by atoms with Gasteiger partial charge in [-0.25, -0.2) is 0 Å². The quantitative estimate of drug-likeness (QED) is 0.732. The molecule has 0 amide bonds. The molecule has 3 heteroatoms. The van der Waals surface area contributed by atoms with Crippen LogP contribution in [0.3, 0.4) is 0 Å². The Morgan fingerprint density at radius 1 is 1.43 bits per heavy atom. The number of hydrogen-bond donors (Lipinski definition) is 1. The average Bonchev–Trinajstić information content (AvgIpc) is 2.94. The Morgan fingerprint density at radius 2 is 2.14 bits per heavy atom. The summed E-state index contributed by atoms with van der Waals surface area (Å²) in [5.74, 6) is 0.584. The number of ether oxygens (including phenoxy) is 1. The van der Waals surface area contributed by atoms with E-state index in [1.165, 1.54) is 12.8 Å². The number of morpholine rings is 1. The van der Waals surface area contributed by atoms with Crippen molar-refractivity contribution in [1.82, 2.24) is 4.90 Å². The van der Waals surface area contributed by atoms with Crippen molar-refractivity contribution in [2.45, 2.75) is 44.9 Å². The van der Waals surface area contributed by atoms with Crippen molar-refractivity contribution in [2.24, 2.45) is 5.92 Å². The molecule has 82 valence electrons. The van der Waals surface area contributed by atoms with E-state index in [-0.39, 0.29) is 6.10 Å². The molecule has 1 saturated heterocycles. The Bertz CT molecular complexity index is 194.